The highest BCUT2D eigenvalue weighted by Gasteiger charge is 2.20. The number of nitrogens with one attached hydrogen (secondary N) is 1. The van der Waals surface area contributed by atoms with Gasteiger partial charge >= 0.3 is 5.82 Å². The van der Waals surface area contributed by atoms with Gasteiger partial charge in [-0.3, -0.25) is 0 Å². The number of anilines is 2. The summed E-state index contributed by atoms with van der Waals surface area (Å²) in [4.78, 5) is 11.8. The highest BCUT2D eigenvalue weighted by molar-refractivity contribution is 6.29. The number of aromatic nitrogens is 4. The van der Waals surface area contributed by atoms with Crippen LogP contribution in [0.2, 0.25) is 5.28 Å². The summed E-state index contributed by atoms with van der Waals surface area (Å²) in [5, 5.41) is 7.39. The summed E-state index contributed by atoms with van der Waals surface area (Å²) in [6, 6.07) is 4.63. The van der Waals surface area contributed by atoms with Crippen LogP contribution in [0.5, 0.6) is 0 Å². The first-order chi connectivity index (χ1) is 12.5. The van der Waals surface area contributed by atoms with Gasteiger partial charge in [0, 0.05) is 12.3 Å². The maximum Gasteiger partial charge on any atom is 0.321 e. The summed E-state index contributed by atoms with van der Waals surface area (Å²) >= 11 is 6.02. The molecule has 2 heterocycles. The molecule has 0 spiro atoms. The first-order valence-electron chi connectivity index (χ1n) is 7.96. The van der Waals surface area contributed by atoms with Crippen LogP contribution >= 0.6 is 11.6 Å². The molecule has 7 nitrogen and oxygen atoms in total. The third kappa shape index (κ3) is 3.59. The van der Waals surface area contributed by atoms with Gasteiger partial charge in [-0.25, -0.2) is 9.37 Å². The topological polar surface area (TPSA) is 69.2 Å². The third-order valence-corrected chi connectivity index (χ3v) is 3.89. The molecule has 0 unspecified atom stereocenters. The maximum atomic E-state index is 13.5. The zero-order valence-electron chi connectivity index (χ0n) is 14.3. The molecule has 134 valence electrons. The van der Waals surface area contributed by atoms with Crippen molar-refractivity contribution < 1.29 is 9.13 Å². The van der Waals surface area contributed by atoms with Gasteiger partial charge < -0.3 is 14.9 Å². The van der Waals surface area contributed by atoms with E-state index >= 15 is 0 Å². The Morgan fingerprint density at radius 1 is 1.38 bits per heavy atom. The van der Waals surface area contributed by atoms with Crippen molar-refractivity contribution in [3.63, 3.8) is 0 Å². The van der Waals surface area contributed by atoms with Crippen LogP contribution in [0.25, 0.3) is 15.9 Å². The number of halogens is 2. The SMILES string of the molecule is [C-]#[N+]c1nn(CCOCC)c2c(Nc3ccc(F)c(C)c3)nc(Cl)nc12. The normalized spacial score (nSPS) is 10.9. The second-order valence-electron chi connectivity index (χ2n) is 5.48. The standard InChI is InChI=1S/C17H16ClFN6O/c1-4-26-8-7-25-14-13(15(20-3)24-25)22-17(18)23-16(14)21-11-5-6-12(19)10(2)9-11/h5-6,9H,4,7-8H2,1-2H3,(H,21,22,23). The Balaban J connectivity index is 2.09. The summed E-state index contributed by atoms with van der Waals surface area (Å²) in [5.41, 5.74) is 2.04. The lowest BCUT2D eigenvalue weighted by molar-refractivity contribution is 0.137. The highest BCUT2D eigenvalue weighted by Crippen LogP contribution is 2.31. The Morgan fingerprint density at radius 3 is 2.88 bits per heavy atom. The van der Waals surface area contributed by atoms with E-state index in [2.05, 4.69) is 25.2 Å². The lowest BCUT2D eigenvalue weighted by Crippen LogP contribution is -2.09. The van der Waals surface area contributed by atoms with E-state index in [1.165, 1.54) is 6.07 Å². The molecule has 0 amide bonds. The minimum atomic E-state index is -0.293. The quantitative estimate of drug-likeness (QED) is 0.396. The molecule has 0 fully saturated rings. The Bertz CT molecular complexity index is 997. The highest BCUT2D eigenvalue weighted by atomic mass is 35.5. The smallest absolute Gasteiger partial charge is 0.321 e. The van der Waals surface area contributed by atoms with Crippen LogP contribution < -0.4 is 5.32 Å². The molecular formula is C17H16ClFN6O. The Kier molecular flexibility index (Phi) is 5.30. The van der Waals surface area contributed by atoms with E-state index in [-0.39, 0.29) is 16.9 Å². The zero-order valence-corrected chi connectivity index (χ0v) is 15.0. The van der Waals surface area contributed by atoms with Crippen molar-refractivity contribution in [1.29, 1.82) is 0 Å². The second-order valence-corrected chi connectivity index (χ2v) is 5.82. The Labute approximate surface area is 154 Å². The van der Waals surface area contributed by atoms with Crippen molar-refractivity contribution in [2.75, 3.05) is 18.5 Å². The molecule has 3 rings (SSSR count). The number of hydrogen-bond acceptors (Lipinski definition) is 5. The number of ether oxygens (including phenoxy) is 1. The second kappa shape index (κ2) is 7.64. The van der Waals surface area contributed by atoms with Gasteiger partial charge in [-0.1, -0.05) is 6.57 Å². The van der Waals surface area contributed by atoms with Crippen molar-refractivity contribution in [1.82, 2.24) is 19.7 Å². The van der Waals surface area contributed by atoms with Crippen LogP contribution in [0.3, 0.4) is 0 Å². The van der Waals surface area contributed by atoms with Gasteiger partial charge in [0.2, 0.25) is 5.28 Å². The fourth-order valence-electron chi connectivity index (χ4n) is 2.52. The zero-order chi connectivity index (χ0) is 18.7. The van der Waals surface area contributed by atoms with Crippen LogP contribution in [0.1, 0.15) is 12.5 Å². The van der Waals surface area contributed by atoms with Gasteiger partial charge in [-0.2, -0.15) is 9.67 Å². The molecule has 1 N–H and O–H groups in total. The molecule has 3 aromatic rings. The van der Waals surface area contributed by atoms with Gasteiger partial charge in [-0.05, 0) is 54.3 Å². The molecule has 0 bridgehead atoms. The molecule has 0 atom stereocenters. The first kappa shape index (κ1) is 18.0. The predicted octanol–water partition coefficient (Wildman–Crippen LogP) is 4.26. The number of benzene rings is 1. The van der Waals surface area contributed by atoms with Crippen LogP contribution in [0, 0.1) is 19.3 Å². The van der Waals surface area contributed by atoms with Crippen molar-refractivity contribution in [3.8, 4) is 0 Å². The molecule has 0 aliphatic heterocycles. The minimum absolute atomic E-state index is 0.00640. The number of fused-ring (bicyclic) bond motifs is 1. The average Bonchev–Trinajstić information content (AvgIpc) is 2.96. The van der Waals surface area contributed by atoms with E-state index < -0.39 is 0 Å². The van der Waals surface area contributed by atoms with Crippen molar-refractivity contribution in [3.05, 3.63) is 46.3 Å². The summed E-state index contributed by atoms with van der Waals surface area (Å²) < 4.78 is 20.5. The Hall–Kier alpha value is -2.76. The van der Waals surface area contributed by atoms with E-state index in [0.29, 0.717) is 47.9 Å². The largest absolute Gasteiger partial charge is 0.380 e. The predicted molar refractivity (Wildman–Crippen MR) is 97.5 cm³/mol. The molecule has 9 heteroatoms. The van der Waals surface area contributed by atoms with Gasteiger partial charge in [0.25, 0.3) is 0 Å². The maximum absolute atomic E-state index is 13.5. The van der Waals surface area contributed by atoms with Crippen molar-refractivity contribution in [2.45, 2.75) is 20.4 Å². The fourth-order valence-corrected chi connectivity index (χ4v) is 2.69. The van der Waals surface area contributed by atoms with E-state index in [9.17, 15) is 4.39 Å². The number of rotatable bonds is 6. The molecule has 1 aromatic carbocycles. The molecule has 0 saturated heterocycles. The Morgan fingerprint density at radius 2 is 2.19 bits per heavy atom. The van der Waals surface area contributed by atoms with Crippen LogP contribution in [-0.4, -0.2) is 33.0 Å². The fraction of sp³-hybridized carbons (Fsp3) is 0.294. The van der Waals surface area contributed by atoms with Crippen molar-refractivity contribution >= 4 is 40.0 Å². The van der Waals surface area contributed by atoms with E-state index in [0.717, 1.165) is 0 Å². The number of nitrogens with zero attached hydrogens (tertiary/aromatic N) is 5. The van der Waals surface area contributed by atoms with Gasteiger partial charge in [0.1, 0.15) is 16.9 Å². The summed E-state index contributed by atoms with van der Waals surface area (Å²) in [6.07, 6.45) is 0. The average molecular weight is 375 g/mol. The molecule has 0 saturated carbocycles. The molecule has 0 radical (unpaired) electrons. The van der Waals surface area contributed by atoms with E-state index in [4.69, 9.17) is 22.9 Å². The molecule has 0 aliphatic carbocycles. The third-order valence-electron chi connectivity index (χ3n) is 3.72. The summed E-state index contributed by atoms with van der Waals surface area (Å²) in [7, 11) is 0. The van der Waals surface area contributed by atoms with E-state index in [1.54, 1.807) is 23.7 Å². The van der Waals surface area contributed by atoms with Crippen LogP contribution in [0.4, 0.5) is 21.7 Å². The summed E-state index contributed by atoms with van der Waals surface area (Å²) in [5.74, 6) is 0.238. The number of hydrogen-bond donors (Lipinski definition) is 1. The van der Waals surface area contributed by atoms with Gasteiger partial charge in [-0.15, -0.1) is 0 Å². The lowest BCUT2D eigenvalue weighted by Gasteiger charge is -2.10. The first-order valence-corrected chi connectivity index (χ1v) is 8.33. The van der Waals surface area contributed by atoms with Crippen molar-refractivity contribution in [2.24, 2.45) is 0 Å². The van der Waals surface area contributed by atoms with Gasteiger partial charge in [0.05, 0.1) is 13.2 Å². The lowest BCUT2D eigenvalue weighted by atomic mass is 10.2. The van der Waals surface area contributed by atoms with Gasteiger partial charge in [0.15, 0.2) is 5.82 Å². The number of aryl methyl sites for hydroxylation is 1. The molecule has 2 aromatic heterocycles. The minimum Gasteiger partial charge on any atom is -0.380 e. The molecule has 0 aliphatic rings. The monoisotopic (exact) mass is 374 g/mol. The van der Waals surface area contributed by atoms with Crippen LogP contribution in [-0.2, 0) is 11.3 Å². The van der Waals surface area contributed by atoms with Crippen LogP contribution in [0.15, 0.2) is 18.2 Å². The molecule has 26 heavy (non-hydrogen) atoms. The molecular weight excluding hydrogens is 359 g/mol. The summed E-state index contributed by atoms with van der Waals surface area (Å²) in [6.45, 7) is 12.3. The van der Waals surface area contributed by atoms with E-state index in [1.807, 2.05) is 6.92 Å².